The topological polar surface area (TPSA) is 63.6 Å². The van der Waals surface area contributed by atoms with E-state index in [0.717, 1.165) is 22.3 Å². The van der Waals surface area contributed by atoms with Crippen molar-refractivity contribution in [1.29, 1.82) is 0 Å². The molecule has 0 heterocycles. The lowest BCUT2D eigenvalue weighted by Gasteiger charge is -2.22. The molecule has 0 unspecified atom stereocenters. The van der Waals surface area contributed by atoms with Gasteiger partial charge in [0.15, 0.2) is 0 Å². The number of carbonyl (C=O) groups excluding carboxylic acids is 1. The SMILES string of the molecule is CC(C)(C)OC(=O)c1ccccc1-c1c(-c2ccccc2)cccc1-c1ccccc1C(=O)O. The third-order valence-corrected chi connectivity index (χ3v) is 5.41. The average Bonchev–Trinajstić information content (AvgIpc) is 2.83. The Morgan fingerprint density at radius 1 is 0.618 bits per heavy atom. The maximum atomic E-state index is 13.2. The largest absolute Gasteiger partial charge is 0.478 e. The number of carboxylic acid groups (broad SMARTS) is 1. The summed E-state index contributed by atoms with van der Waals surface area (Å²) in [5.41, 5.74) is 4.62. The number of carboxylic acids is 1. The third kappa shape index (κ3) is 4.76. The lowest BCUT2D eigenvalue weighted by molar-refractivity contribution is 0.00702. The Bertz CT molecular complexity index is 1350. The van der Waals surface area contributed by atoms with E-state index in [2.05, 4.69) is 0 Å². The van der Waals surface area contributed by atoms with E-state index in [1.54, 1.807) is 30.3 Å². The van der Waals surface area contributed by atoms with Crippen molar-refractivity contribution in [2.45, 2.75) is 26.4 Å². The summed E-state index contributed by atoms with van der Waals surface area (Å²) < 4.78 is 5.71. The lowest BCUT2D eigenvalue weighted by atomic mass is 9.84. The maximum Gasteiger partial charge on any atom is 0.339 e. The fraction of sp³-hybridized carbons (Fsp3) is 0.133. The molecule has 4 nitrogen and oxygen atoms in total. The Balaban J connectivity index is 2.06. The van der Waals surface area contributed by atoms with Gasteiger partial charge in [-0.25, -0.2) is 9.59 Å². The van der Waals surface area contributed by atoms with E-state index >= 15 is 0 Å². The van der Waals surface area contributed by atoms with Gasteiger partial charge >= 0.3 is 11.9 Å². The number of rotatable bonds is 5. The monoisotopic (exact) mass is 450 g/mol. The highest BCUT2D eigenvalue weighted by Crippen LogP contribution is 2.42. The second-order valence-corrected chi connectivity index (χ2v) is 8.99. The van der Waals surface area contributed by atoms with E-state index in [0.29, 0.717) is 16.7 Å². The van der Waals surface area contributed by atoms with E-state index in [1.807, 2.05) is 87.5 Å². The molecular weight excluding hydrogens is 424 g/mol. The van der Waals surface area contributed by atoms with Gasteiger partial charge in [0.1, 0.15) is 5.60 Å². The van der Waals surface area contributed by atoms with Crippen molar-refractivity contribution < 1.29 is 19.4 Å². The Morgan fingerprint density at radius 3 is 1.79 bits per heavy atom. The number of carbonyl (C=O) groups is 2. The second-order valence-electron chi connectivity index (χ2n) is 8.99. The standard InChI is InChI=1S/C30H26O4/c1-30(2,3)34-29(33)26-17-10-8-15-24(26)27-21(20-12-5-4-6-13-20)18-11-19-23(27)22-14-7-9-16-25(22)28(31)32/h4-19H,1-3H3,(H,31,32). The fourth-order valence-corrected chi connectivity index (χ4v) is 4.04. The summed E-state index contributed by atoms with van der Waals surface area (Å²) in [6.45, 7) is 5.50. The van der Waals surface area contributed by atoms with Gasteiger partial charge in [0.25, 0.3) is 0 Å². The van der Waals surface area contributed by atoms with Gasteiger partial charge in [-0.1, -0.05) is 84.9 Å². The predicted molar refractivity (Wildman–Crippen MR) is 135 cm³/mol. The van der Waals surface area contributed by atoms with Crippen molar-refractivity contribution in [3.63, 3.8) is 0 Å². The summed E-state index contributed by atoms with van der Waals surface area (Å²) in [6, 6.07) is 29.9. The van der Waals surface area contributed by atoms with Gasteiger partial charge in [0.2, 0.25) is 0 Å². The van der Waals surface area contributed by atoms with Crippen molar-refractivity contribution in [2.75, 3.05) is 0 Å². The van der Waals surface area contributed by atoms with E-state index in [9.17, 15) is 14.7 Å². The number of hydrogen-bond donors (Lipinski definition) is 1. The minimum absolute atomic E-state index is 0.198. The minimum Gasteiger partial charge on any atom is -0.478 e. The molecule has 4 aromatic carbocycles. The highest BCUT2D eigenvalue weighted by atomic mass is 16.6. The molecular formula is C30H26O4. The minimum atomic E-state index is -1.01. The molecule has 1 N–H and O–H groups in total. The fourth-order valence-electron chi connectivity index (χ4n) is 4.04. The number of esters is 1. The molecule has 170 valence electrons. The molecule has 0 aliphatic heterocycles. The van der Waals surface area contributed by atoms with Gasteiger partial charge in [0.05, 0.1) is 11.1 Å². The molecule has 4 heteroatoms. The van der Waals surface area contributed by atoms with Crippen LogP contribution in [0, 0.1) is 0 Å². The van der Waals surface area contributed by atoms with Crippen LogP contribution < -0.4 is 0 Å². The van der Waals surface area contributed by atoms with Crippen molar-refractivity contribution in [1.82, 2.24) is 0 Å². The Hall–Kier alpha value is -4.18. The van der Waals surface area contributed by atoms with Gasteiger partial charge in [0, 0.05) is 0 Å². The molecule has 0 aromatic heterocycles. The van der Waals surface area contributed by atoms with Crippen LogP contribution in [0.3, 0.4) is 0 Å². The first kappa shape index (κ1) is 23.0. The van der Waals surface area contributed by atoms with Gasteiger partial charge < -0.3 is 9.84 Å². The highest BCUT2D eigenvalue weighted by molar-refractivity contribution is 6.06. The van der Waals surface area contributed by atoms with Crippen molar-refractivity contribution in [3.8, 4) is 33.4 Å². The number of ether oxygens (including phenoxy) is 1. The zero-order chi connectivity index (χ0) is 24.3. The zero-order valence-electron chi connectivity index (χ0n) is 19.4. The lowest BCUT2D eigenvalue weighted by Crippen LogP contribution is -2.24. The normalized spacial score (nSPS) is 11.1. The number of hydrogen-bond acceptors (Lipinski definition) is 3. The summed E-state index contributed by atoms with van der Waals surface area (Å²) in [5, 5.41) is 9.87. The highest BCUT2D eigenvalue weighted by Gasteiger charge is 2.24. The molecule has 0 aliphatic rings. The van der Waals surface area contributed by atoms with Crippen LogP contribution in [0.25, 0.3) is 33.4 Å². The Kier molecular flexibility index (Phi) is 6.33. The molecule has 0 fully saturated rings. The first-order valence-electron chi connectivity index (χ1n) is 11.1. The average molecular weight is 451 g/mol. The van der Waals surface area contributed by atoms with Crippen LogP contribution in [0.4, 0.5) is 0 Å². The van der Waals surface area contributed by atoms with Gasteiger partial charge in [-0.05, 0) is 66.3 Å². The van der Waals surface area contributed by atoms with Crippen LogP contribution in [-0.4, -0.2) is 22.6 Å². The van der Waals surface area contributed by atoms with Crippen LogP contribution in [-0.2, 0) is 4.74 Å². The quantitative estimate of drug-likeness (QED) is 0.323. The number of benzene rings is 4. The number of aromatic carboxylic acids is 1. The van der Waals surface area contributed by atoms with Crippen molar-refractivity contribution >= 4 is 11.9 Å². The van der Waals surface area contributed by atoms with Gasteiger partial charge in [-0.3, -0.25) is 0 Å². The van der Waals surface area contributed by atoms with E-state index in [4.69, 9.17) is 4.74 Å². The molecule has 0 radical (unpaired) electrons. The zero-order valence-corrected chi connectivity index (χ0v) is 19.4. The molecule has 4 rings (SSSR count). The maximum absolute atomic E-state index is 13.2. The summed E-state index contributed by atoms with van der Waals surface area (Å²) in [5.74, 6) is -1.43. The smallest absolute Gasteiger partial charge is 0.339 e. The summed E-state index contributed by atoms with van der Waals surface area (Å²) >= 11 is 0. The molecule has 4 aromatic rings. The third-order valence-electron chi connectivity index (χ3n) is 5.41. The second kappa shape index (κ2) is 9.36. The summed E-state index contributed by atoms with van der Waals surface area (Å²) in [6.07, 6.45) is 0. The van der Waals surface area contributed by atoms with Crippen molar-refractivity contribution in [3.05, 3.63) is 108 Å². The van der Waals surface area contributed by atoms with Crippen LogP contribution in [0.2, 0.25) is 0 Å². The summed E-state index contributed by atoms with van der Waals surface area (Å²) in [4.78, 5) is 25.3. The van der Waals surface area contributed by atoms with Crippen LogP contribution in [0.5, 0.6) is 0 Å². The molecule has 0 spiro atoms. The first-order valence-corrected chi connectivity index (χ1v) is 11.1. The van der Waals surface area contributed by atoms with E-state index in [1.165, 1.54) is 0 Å². The molecule has 0 aliphatic carbocycles. The van der Waals surface area contributed by atoms with Crippen LogP contribution >= 0.6 is 0 Å². The first-order chi connectivity index (χ1) is 16.3. The predicted octanol–water partition coefficient (Wildman–Crippen LogP) is 7.34. The Labute approximate surface area is 199 Å². The molecule has 0 amide bonds. The Morgan fingerprint density at radius 2 is 1.15 bits per heavy atom. The summed E-state index contributed by atoms with van der Waals surface area (Å²) in [7, 11) is 0. The van der Waals surface area contributed by atoms with Crippen molar-refractivity contribution in [2.24, 2.45) is 0 Å². The van der Waals surface area contributed by atoms with Crippen LogP contribution in [0.15, 0.2) is 97.1 Å². The molecule has 0 bridgehead atoms. The van der Waals surface area contributed by atoms with E-state index < -0.39 is 17.5 Å². The molecule has 0 saturated heterocycles. The van der Waals surface area contributed by atoms with Gasteiger partial charge in [-0.2, -0.15) is 0 Å². The molecule has 0 saturated carbocycles. The molecule has 34 heavy (non-hydrogen) atoms. The molecule has 0 atom stereocenters. The van der Waals surface area contributed by atoms with Crippen LogP contribution in [0.1, 0.15) is 41.5 Å². The van der Waals surface area contributed by atoms with E-state index in [-0.39, 0.29) is 5.56 Å². The van der Waals surface area contributed by atoms with Gasteiger partial charge in [-0.15, -0.1) is 0 Å².